The lowest BCUT2D eigenvalue weighted by molar-refractivity contribution is -0.141. The van der Waals surface area contributed by atoms with Gasteiger partial charge in [-0.3, -0.25) is 14.3 Å². The summed E-state index contributed by atoms with van der Waals surface area (Å²) in [6.07, 6.45) is 8.75. The lowest BCUT2D eigenvalue weighted by Crippen LogP contribution is -2.40. The van der Waals surface area contributed by atoms with E-state index in [2.05, 4.69) is 10.2 Å². The highest BCUT2D eigenvalue weighted by Crippen LogP contribution is 2.41. The van der Waals surface area contributed by atoms with Gasteiger partial charge in [-0.2, -0.15) is 5.10 Å². The van der Waals surface area contributed by atoms with Crippen molar-refractivity contribution in [3.8, 4) is 22.8 Å². The highest BCUT2D eigenvalue weighted by Gasteiger charge is 2.28. The quantitative estimate of drug-likeness (QED) is 0.451. The number of methoxy groups -OCH3 is 3. The van der Waals surface area contributed by atoms with E-state index in [9.17, 15) is 9.59 Å². The molecule has 37 heavy (non-hydrogen) atoms. The van der Waals surface area contributed by atoms with E-state index in [0.717, 1.165) is 56.6 Å². The van der Waals surface area contributed by atoms with Crippen molar-refractivity contribution >= 4 is 11.9 Å². The Morgan fingerprint density at radius 2 is 1.70 bits per heavy atom. The smallest absolute Gasteiger partial charge is 0.307 e. The van der Waals surface area contributed by atoms with Gasteiger partial charge in [0.2, 0.25) is 0 Å². The molecule has 0 radical (unpaired) electrons. The summed E-state index contributed by atoms with van der Waals surface area (Å²) in [5.41, 5.74) is 1.90. The fourth-order valence-electron chi connectivity index (χ4n) is 5.51. The Morgan fingerprint density at radius 1 is 1.03 bits per heavy atom. The number of aromatic nitrogens is 2. The summed E-state index contributed by atoms with van der Waals surface area (Å²) >= 11 is 0. The van der Waals surface area contributed by atoms with Crippen LogP contribution in [-0.4, -0.2) is 73.6 Å². The number of benzene rings is 1. The molecule has 1 aliphatic heterocycles. The van der Waals surface area contributed by atoms with E-state index >= 15 is 0 Å². The fourth-order valence-corrected chi connectivity index (χ4v) is 5.51. The van der Waals surface area contributed by atoms with Gasteiger partial charge in [-0.25, -0.2) is 0 Å². The number of piperidine rings is 1. The summed E-state index contributed by atoms with van der Waals surface area (Å²) in [4.78, 5) is 28.0. The average molecular weight is 513 g/mol. The van der Waals surface area contributed by atoms with Gasteiger partial charge in [-0.05, 0) is 63.4 Å². The Balaban J connectivity index is 1.60. The van der Waals surface area contributed by atoms with Crippen LogP contribution in [0.1, 0.15) is 74.3 Å². The van der Waals surface area contributed by atoms with Gasteiger partial charge in [0.1, 0.15) is 11.5 Å². The molecule has 1 aromatic carbocycles. The predicted octanol–water partition coefficient (Wildman–Crippen LogP) is 4.22. The standard InChI is InChI=1S/C28H40N4O5/c1-35-24-12-9-13-25(36-2)27(24)23-19-22(30-32(23)21-10-5-6-11-21)28(34)29-20(18-26(33)37-3)14-17-31-15-7-4-8-16-31/h9,12-13,19-21H,4-8,10-11,14-18H2,1-3H3,(H,29,34)/t20-/m0/s1. The third kappa shape index (κ3) is 6.63. The van der Waals surface area contributed by atoms with E-state index < -0.39 is 0 Å². The molecule has 2 heterocycles. The molecule has 2 aromatic rings. The van der Waals surface area contributed by atoms with E-state index in [1.165, 1.54) is 26.4 Å². The van der Waals surface area contributed by atoms with Gasteiger partial charge in [-0.1, -0.05) is 25.3 Å². The van der Waals surface area contributed by atoms with Crippen LogP contribution in [0.5, 0.6) is 11.5 Å². The van der Waals surface area contributed by atoms with E-state index in [4.69, 9.17) is 19.3 Å². The van der Waals surface area contributed by atoms with Crippen LogP contribution >= 0.6 is 0 Å². The minimum absolute atomic E-state index is 0.132. The van der Waals surface area contributed by atoms with Crippen LogP contribution in [0.15, 0.2) is 24.3 Å². The molecular formula is C28H40N4O5. The number of likely N-dealkylation sites (tertiary alicyclic amines) is 1. The topological polar surface area (TPSA) is 94.9 Å². The van der Waals surface area contributed by atoms with Crippen molar-refractivity contribution in [3.05, 3.63) is 30.0 Å². The second kappa shape index (κ2) is 12.9. The lowest BCUT2D eigenvalue weighted by atomic mass is 10.1. The number of rotatable bonds is 11. The van der Waals surface area contributed by atoms with Crippen molar-refractivity contribution in [2.45, 2.75) is 69.9 Å². The molecule has 202 valence electrons. The molecular weight excluding hydrogens is 472 g/mol. The van der Waals surface area contributed by atoms with E-state index in [0.29, 0.717) is 23.6 Å². The maximum atomic E-state index is 13.5. The van der Waals surface area contributed by atoms with Gasteiger partial charge in [0, 0.05) is 12.6 Å². The molecule has 1 aromatic heterocycles. The summed E-state index contributed by atoms with van der Waals surface area (Å²) in [5.74, 6) is 0.699. The maximum absolute atomic E-state index is 13.5. The average Bonchev–Trinajstić information content (AvgIpc) is 3.62. The molecule has 2 aliphatic rings. The third-order valence-corrected chi connectivity index (χ3v) is 7.54. The Labute approximate surface area is 219 Å². The van der Waals surface area contributed by atoms with Crippen LogP contribution in [-0.2, 0) is 9.53 Å². The molecule has 1 N–H and O–H groups in total. The number of nitrogens with zero attached hydrogens (tertiary/aromatic N) is 3. The van der Waals surface area contributed by atoms with Gasteiger partial charge in [0.15, 0.2) is 5.69 Å². The number of nitrogens with one attached hydrogen (secondary N) is 1. The summed E-state index contributed by atoms with van der Waals surface area (Å²) < 4.78 is 18.2. The number of hydrogen-bond donors (Lipinski definition) is 1. The third-order valence-electron chi connectivity index (χ3n) is 7.54. The maximum Gasteiger partial charge on any atom is 0.307 e. The molecule has 9 heteroatoms. The Hall–Kier alpha value is -3.07. The van der Waals surface area contributed by atoms with Crippen LogP contribution in [0, 0.1) is 0 Å². The molecule has 9 nitrogen and oxygen atoms in total. The molecule has 1 amide bonds. The van der Waals surface area contributed by atoms with Crippen LogP contribution < -0.4 is 14.8 Å². The van der Waals surface area contributed by atoms with Crippen LogP contribution in [0.25, 0.3) is 11.3 Å². The largest absolute Gasteiger partial charge is 0.496 e. The summed E-state index contributed by atoms with van der Waals surface area (Å²) in [5, 5.41) is 7.86. The minimum atomic E-state index is -0.333. The fraction of sp³-hybridized carbons (Fsp3) is 0.607. The second-order valence-corrected chi connectivity index (χ2v) is 9.98. The minimum Gasteiger partial charge on any atom is -0.496 e. The molecule has 4 rings (SSSR count). The zero-order valence-electron chi connectivity index (χ0n) is 22.3. The van der Waals surface area contributed by atoms with Gasteiger partial charge in [0.25, 0.3) is 5.91 Å². The zero-order valence-corrected chi connectivity index (χ0v) is 22.3. The summed E-state index contributed by atoms with van der Waals surface area (Å²) in [6.45, 7) is 2.96. The molecule has 0 unspecified atom stereocenters. The van der Waals surface area contributed by atoms with Gasteiger partial charge in [-0.15, -0.1) is 0 Å². The first-order chi connectivity index (χ1) is 18.0. The number of carbonyl (C=O) groups excluding carboxylic acids is 2. The second-order valence-electron chi connectivity index (χ2n) is 9.98. The Morgan fingerprint density at radius 3 is 2.32 bits per heavy atom. The monoisotopic (exact) mass is 512 g/mol. The van der Waals surface area contributed by atoms with Crippen molar-refractivity contribution in [2.75, 3.05) is 41.0 Å². The summed E-state index contributed by atoms with van der Waals surface area (Å²) in [6, 6.07) is 7.34. The van der Waals surface area contributed by atoms with E-state index in [1.807, 2.05) is 28.9 Å². The zero-order chi connectivity index (χ0) is 26.2. The molecule has 1 aliphatic carbocycles. The Bertz CT molecular complexity index is 1030. The van der Waals surface area contributed by atoms with Gasteiger partial charge >= 0.3 is 5.97 Å². The first-order valence-corrected chi connectivity index (χ1v) is 13.4. The van der Waals surface area contributed by atoms with Crippen LogP contribution in [0.4, 0.5) is 0 Å². The van der Waals surface area contributed by atoms with E-state index in [-0.39, 0.29) is 30.4 Å². The predicted molar refractivity (Wildman–Crippen MR) is 141 cm³/mol. The van der Waals surface area contributed by atoms with Crippen LogP contribution in [0.3, 0.4) is 0 Å². The first-order valence-electron chi connectivity index (χ1n) is 13.4. The number of amides is 1. The summed E-state index contributed by atoms with van der Waals surface area (Å²) in [7, 11) is 4.63. The molecule has 1 saturated carbocycles. The Kier molecular flexibility index (Phi) is 9.44. The van der Waals surface area contributed by atoms with Crippen molar-refractivity contribution in [1.82, 2.24) is 20.0 Å². The molecule has 2 fully saturated rings. The first kappa shape index (κ1) is 27.0. The number of esters is 1. The number of carbonyl (C=O) groups is 2. The van der Waals surface area contributed by atoms with Gasteiger partial charge in [0.05, 0.1) is 45.0 Å². The molecule has 0 bridgehead atoms. The van der Waals surface area contributed by atoms with Crippen molar-refractivity contribution in [2.24, 2.45) is 0 Å². The molecule has 0 spiro atoms. The highest BCUT2D eigenvalue weighted by atomic mass is 16.5. The van der Waals surface area contributed by atoms with E-state index in [1.54, 1.807) is 14.2 Å². The normalized spacial score (nSPS) is 17.4. The molecule has 1 saturated heterocycles. The number of hydrogen-bond acceptors (Lipinski definition) is 7. The number of ether oxygens (including phenoxy) is 3. The molecule has 1 atom stereocenters. The SMILES string of the molecule is COC(=O)C[C@H](CCN1CCCCC1)NC(=O)c1cc(-c2c(OC)cccc2OC)n(C2CCCC2)n1. The van der Waals surface area contributed by atoms with Crippen LogP contribution in [0.2, 0.25) is 0 Å². The van der Waals surface area contributed by atoms with Crippen molar-refractivity contribution in [3.63, 3.8) is 0 Å². The van der Waals surface area contributed by atoms with Crippen molar-refractivity contribution in [1.29, 1.82) is 0 Å². The highest BCUT2D eigenvalue weighted by molar-refractivity contribution is 5.94. The van der Waals surface area contributed by atoms with Crippen molar-refractivity contribution < 1.29 is 23.8 Å². The van der Waals surface area contributed by atoms with Gasteiger partial charge < -0.3 is 24.4 Å². The lowest BCUT2D eigenvalue weighted by Gasteiger charge is -2.28.